The summed E-state index contributed by atoms with van der Waals surface area (Å²) in [5.74, 6) is 1.85. The van der Waals surface area contributed by atoms with Crippen LogP contribution in [0.2, 0.25) is 0 Å². The summed E-state index contributed by atoms with van der Waals surface area (Å²) in [4.78, 5) is 2.82. The van der Waals surface area contributed by atoms with Gasteiger partial charge in [-0.3, -0.25) is 4.90 Å². The van der Waals surface area contributed by atoms with Gasteiger partial charge in [0, 0.05) is 19.1 Å². The van der Waals surface area contributed by atoms with Gasteiger partial charge in [-0.05, 0) is 57.0 Å². The lowest BCUT2D eigenvalue weighted by Crippen LogP contribution is -2.39. The van der Waals surface area contributed by atoms with Crippen molar-refractivity contribution in [2.75, 3.05) is 26.2 Å². The third-order valence-corrected chi connectivity index (χ3v) is 4.34. The molecule has 2 nitrogen and oxygen atoms in total. The molecule has 1 atom stereocenters. The van der Waals surface area contributed by atoms with Crippen LogP contribution in [0.1, 0.15) is 52.4 Å². The second-order valence-electron chi connectivity index (χ2n) is 6.27. The zero-order valence-corrected chi connectivity index (χ0v) is 11.8. The van der Waals surface area contributed by atoms with Crippen molar-refractivity contribution < 1.29 is 0 Å². The Morgan fingerprint density at radius 1 is 1.18 bits per heavy atom. The zero-order valence-electron chi connectivity index (χ0n) is 11.8. The van der Waals surface area contributed by atoms with Gasteiger partial charge in [0.1, 0.15) is 0 Å². The van der Waals surface area contributed by atoms with Gasteiger partial charge in [-0.1, -0.05) is 20.3 Å². The number of rotatable bonds is 7. The van der Waals surface area contributed by atoms with E-state index in [9.17, 15) is 0 Å². The molecule has 1 unspecified atom stereocenters. The third kappa shape index (κ3) is 4.59. The van der Waals surface area contributed by atoms with E-state index in [0.717, 1.165) is 17.9 Å². The summed E-state index contributed by atoms with van der Waals surface area (Å²) in [5.41, 5.74) is 0. The molecule has 1 N–H and O–H groups in total. The summed E-state index contributed by atoms with van der Waals surface area (Å²) in [6, 6.07) is 0.948. The van der Waals surface area contributed by atoms with Crippen LogP contribution in [0.4, 0.5) is 0 Å². The Bertz CT molecular complexity index is 207. The predicted octanol–water partition coefficient (Wildman–Crippen LogP) is 2.89. The number of nitrogens with zero attached hydrogens (tertiary/aromatic N) is 1. The van der Waals surface area contributed by atoms with Crippen LogP contribution in [0.25, 0.3) is 0 Å². The maximum absolute atomic E-state index is 3.48. The van der Waals surface area contributed by atoms with Gasteiger partial charge in [0.15, 0.2) is 0 Å². The van der Waals surface area contributed by atoms with Gasteiger partial charge in [0.2, 0.25) is 0 Å². The molecule has 0 bridgehead atoms. The molecule has 0 aromatic heterocycles. The smallest absolute Gasteiger partial charge is 0.00966 e. The van der Waals surface area contributed by atoms with Gasteiger partial charge in [-0.15, -0.1) is 0 Å². The Morgan fingerprint density at radius 2 is 1.88 bits per heavy atom. The SMILES string of the molecule is CCCC(C)CN(CC1CCNCC1)C1CC1. The number of hydrogen-bond donors (Lipinski definition) is 1. The molecule has 1 saturated heterocycles. The highest BCUT2D eigenvalue weighted by atomic mass is 15.2. The molecular formula is C15H30N2. The van der Waals surface area contributed by atoms with Gasteiger partial charge < -0.3 is 5.32 Å². The average Bonchev–Trinajstić information content (AvgIpc) is 3.14. The molecule has 0 radical (unpaired) electrons. The van der Waals surface area contributed by atoms with Crippen LogP contribution in [0.3, 0.4) is 0 Å². The second kappa shape index (κ2) is 6.75. The minimum Gasteiger partial charge on any atom is -0.317 e. The first-order chi connectivity index (χ1) is 8.29. The average molecular weight is 238 g/mol. The van der Waals surface area contributed by atoms with E-state index >= 15 is 0 Å². The minimum absolute atomic E-state index is 0.891. The van der Waals surface area contributed by atoms with E-state index in [0.29, 0.717) is 0 Å². The van der Waals surface area contributed by atoms with Crippen molar-refractivity contribution in [3.05, 3.63) is 0 Å². The van der Waals surface area contributed by atoms with E-state index in [1.165, 1.54) is 64.7 Å². The summed E-state index contributed by atoms with van der Waals surface area (Å²) >= 11 is 0. The van der Waals surface area contributed by atoms with Crippen LogP contribution in [0, 0.1) is 11.8 Å². The maximum Gasteiger partial charge on any atom is 0.00966 e. The molecule has 0 spiro atoms. The standard InChI is InChI=1S/C15H30N2/c1-3-4-13(2)11-17(15-5-6-15)12-14-7-9-16-10-8-14/h13-16H,3-12H2,1-2H3. The van der Waals surface area contributed by atoms with Crippen LogP contribution in [0.5, 0.6) is 0 Å². The van der Waals surface area contributed by atoms with Crippen molar-refractivity contribution in [3.63, 3.8) is 0 Å². The van der Waals surface area contributed by atoms with Crippen molar-refractivity contribution in [3.8, 4) is 0 Å². The molecule has 0 aromatic carbocycles. The van der Waals surface area contributed by atoms with Crippen molar-refractivity contribution in [1.82, 2.24) is 10.2 Å². The van der Waals surface area contributed by atoms with E-state index in [2.05, 4.69) is 24.1 Å². The van der Waals surface area contributed by atoms with Gasteiger partial charge >= 0.3 is 0 Å². The first-order valence-corrected chi connectivity index (χ1v) is 7.74. The van der Waals surface area contributed by atoms with E-state index < -0.39 is 0 Å². The molecule has 2 heteroatoms. The van der Waals surface area contributed by atoms with Gasteiger partial charge in [-0.2, -0.15) is 0 Å². The van der Waals surface area contributed by atoms with Crippen LogP contribution in [-0.4, -0.2) is 37.1 Å². The molecule has 2 fully saturated rings. The topological polar surface area (TPSA) is 15.3 Å². The predicted molar refractivity (Wildman–Crippen MR) is 74.3 cm³/mol. The third-order valence-electron chi connectivity index (χ3n) is 4.34. The van der Waals surface area contributed by atoms with E-state index in [4.69, 9.17) is 0 Å². The quantitative estimate of drug-likeness (QED) is 0.733. The zero-order chi connectivity index (χ0) is 12.1. The normalized spacial score (nSPS) is 24.2. The summed E-state index contributed by atoms with van der Waals surface area (Å²) in [6.45, 7) is 9.95. The molecule has 1 aliphatic carbocycles. The first kappa shape index (κ1) is 13.4. The molecular weight excluding hydrogens is 208 g/mol. The lowest BCUT2D eigenvalue weighted by Gasteiger charge is -2.31. The Morgan fingerprint density at radius 3 is 2.47 bits per heavy atom. The Kier molecular flexibility index (Phi) is 5.30. The van der Waals surface area contributed by atoms with E-state index in [1.807, 2.05) is 0 Å². The van der Waals surface area contributed by atoms with Crippen molar-refractivity contribution >= 4 is 0 Å². The molecule has 17 heavy (non-hydrogen) atoms. The van der Waals surface area contributed by atoms with Gasteiger partial charge in [-0.25, -0.2) is 0 Å². The van der Waals surface area contributed by atoms with Crippen molar-refractivity contribution in [1.29, 1.82) is 0 Å². The molecule has 1 aliphatic heterocycles. The van der Waals surface area contributed by atoms with E-state index in [1.54, 1.807) is 0 Å². The van der Waals surface area contributed by atoms with Crippen molar-refractivity contribution in [2.45, 2.75) is 58.4 Å². The van der Waals surface area contributed by atoms with Gasteiger partial charge in [0.25, 0.3) is 0 Å². The summed E-state index contributed by atoms with van der Waals surface area (Å²) in [7, 11) is 0. The van der Waals surface area contributed by atoms with Crippen molar-refractivity contribution in [2.24, 2.45) is 11.8 Å². The summed E-state index contributed by atoms with van der Waals surface area (Å²) in [5, 5.41) is 3.48. The Labute approximate surface area is 107 Å². The highest BCUT2D eigenvalue weighted by Gasteiger charge is 2.31. The second-order valence-corrected chi connectivity index (χ2v) is 6.27. The number of nitrogens with one attached hydrogen (secondary N) is 1. The fourth-order valence-electron chi connectivity index (χ4n) is 3.19. The minimum atomic E-state index is 0.891. The Hall–Kier alpha value is -0.0800. The van der Waals surface area contributed by atoms with Crippen LogP contribution < -0.4 is 5.32 Å². The van der Waals surface area contributed by atoms with Crippen LogP contribution in [-0.2, 0) is 0 Å². The number of hydrogen-bond acceptors (Lipinski definition) is 2. The van der Waals surface area contributed by atoms with Crippen LogP contribution >= 0.6 is 0 Å². The first-order valence-electron chi connectivity index (χ1n) is 7.74. The fraction of sp³-hybridized carbons (Fsp3) is 1.00. The molecule has 1 heterocycles. The molecule has 2 rings (SSSR count). The Balaban J connectivity index is 1.75. The van der Waals surface area contributed by atoms with Crippen LogP contribution in [0.15, 0.2) is 0 Å². The molecule has 100 valence electrons. The number of piperidine rings is 1. The monoisotopic (exact) mass is 238 g/mol. The summed E-state index contributed by atoms with van der Waals surface area (Å²) in [6.07, 6.45) is 8.45. The lowest BCUT2D eigenvalue weighted by atomic mass is 9.96. The maximum atomic E-state index is 3.48. The molecule has 0 aromatic rings. The fourth-order valence-corrected chi connectivity index (χ4v) is 3.19. The highest BCUT2D eigenvalue weighted by Crippen LogP contribution is 2.30. The molecule has 1 saturated carbocycles. The molecule has 0 amide bonds. The molecule has 2 aliphatic rings. The van der Waals surface area contributed by atoms with E-state index in [-0.39, 0.29) is 0 Å². The lowest BCUT2D eigenvalue weighted by molar-refractivity contribution is 0.172. The van der Waals surface area contributed by atoms with Gasteiger partial charge in [0.05, 0.1) is 0 Å². The summed E-state index contributed by atoms with van der Waals surface area (Å²) < 4.78 is 0. The highest BCUT2D eigenvalue weighted by molar-refractivity contribution is 4.87. The largest absolute Gasteiger partial charge is 0.317 e.